The van der Waals surface area contributed by atoms with Gasteiger partial charge in [-0.3, -0.25) is 4.98 Å². The summed E-state index contributed by atoms with van der Waals surface area (Å²) in [6.45, 7) is 4.80. The summed E-state index contributed by atoms with van der Waals surface area (Å²) in [4.78, 5) is 4.35. The summed E-state index contributed by atoms with van der Waals surface area (Å²) in [5.41, 5.74) is 3.11. The Morgan fingerprint density at radius 2 is 2.21 bits per heavy atom. The number of rotatable bonds is 5. The van der Waals surface area contributed by atoms with Gasteiger partial charge in [-0.1, -0.05) is 6.07 Å². The SMILES string of the molecule is COc1c(CNC(C)c2ccccn2)c(C)nn1C. The van der Waals surface area contributed by atoms with Crippen molar-refractivity contribution in [3.05, 3.63) is 41.3 Å². The van der Waals surface area contributed by atoms with Crippen LogP contribution in [0, 0.1) is 6.92 Å². The monoisotopic (exact) mass is 260 g/mol. The van der Waals surface area contributed by atoms with Gasteiger partial charge in [-0.15, -0.1) is 0 Å². The molecule has 5 nitrogen and oxygen atoms in total. The summed E-state index contributed by atoms with van der Waals surface area (Å²) in [5.74, 6) is 0.804. The third kappa shape index (κ3) is 2.93. The number of hydrogen-bond acceptors (Lipinski definition) is 4. The molecule has 5 heteroatoms. The first kappa shape index (κ1) is 13.5. The molecular formula is C14H20N4O. The number of hydrogen-bond donors (Lipinski definition) is 1. The van der Waals surface area contributed by atoms with Crippen LogP contribution in [0.1, 0.15) is 29.9 Å². The highest BCUT2D eigenvalue weighted by molar-refractivity contribution is 5.30. The molecule has 0 spiro atoms. The van der Waals surface area contributed by atoms with Crippen molar-refractivity contribution in [2.24, 2.45) is 7.05 Å². The zero-order valence-electron chi connectivity index (χ0n) is 11.8. The van der Waals surface area contributed by atoms with E-state index in [0.29, 0.717) is 6.54 Å². The van der Waals surface area contributed by atoms with E-state index in [9.17, 15) is 0 Å². The van der Waals surface area contributed by atoms with E-state index in [1.54, 1.807) is 11.8 Å². The van der Waals surface area contributed by atoms with E-state index in [-0.39, 0.29) is 6.04 Å². The molecule has 0 aromatic carbocycles. The lowest BCUT2D eigenvalue weighted by atomic mass is 10.2. The van der Waals surface area contributed by atoms with Crippen LogP contribution >= 0.6 is 0 Å². The molecule has 0 saturated heterocycles. The van der Waals surface area contributed by atoms with E-state index in [0.717, 1.165) is 22.8 Å². The minimum atomic E-state index is 0.186. The molecule has 2 heterocycles. The Kier molecular flexibility index (Phi) is 4.16. The molecule has 19 heavy (non-hydrogen) atoms. The van der Waals surface area contributed by atoms with E-state index in [1.165, 1.54) is 0 Å². The molecule has 1 atom stereocenters. The van der Waals surface area contributed by atoms with Crippen molar-refractivity contribution in [2.45, 2.75) is 26.4 Å². The minimum absolute atomic E-state index is 0.186. The van der Waals surface area contributed by atoms with Crippen LogP contribution in [0.2, 0.25) is 0 Å². The summed E-state index contributed by atoms with van der Waals surface area (Å²) < 4.78 is 7.14. The molecule has 0 radical (unpaired) electrons. The van der Waals surface area contributed by atoms with Gasteiger partial charge in [0.15, 0.2) is 0 Å². The molecule has 0 aliphatic heterocycles. The van der Waals surface area contributed by atoms with Crippen LogP contribution < -0.4 is 10.1 Å². The highest BCUT2D eigenvalue weighted by atomic mass is 16.5. The van der Waals surface area contributed by atoms with Crippen molar-refractivity contribution in [3.63, 3.8) is 0 Å². The molecule has 0 saturated carbocycles. The standard InChI is InChI=1S/C14H20N4O/c1-10-12(14(19-4)18(3)17-10)9-16-11(2)13-7-5-6-8-15-13/h5-8,11,16H,9H2,1-4H3. The number of aromatic nitrogens is 3. The lowest BCUT2D eigenvalue weighted by Crippen LogP contribution is -2.19. The van der Waals surface area contributed by atoms with Gasteiger partial charge < -0.3 is 10.1 Å². The van der Waals surface area contributed by atoms with Gasteiger partial charge in [0.05, 0.1) is 24.1 Å². The quantitative estimate of drug-likeness (QED) is 0.893. The van der Waals surface area contributed by atoms with Crippen LogP contribution in [0.15, 0.2) is 24.4 Å². The van der Waals surface area contributed by atoms with Crippen molar-refractivity contribution in [1.82, 2.24) is 20.1 Å². The van der Waals surface area contributed by atoms with Crippen LogP contribution in [0.3, 0.4) is 0 Å². The van der Waals surface area contributed by atoms with E-state index < -0.39 is 0 Å². The van der Waals surface area contributed by atoms with Gasteiger partial charge in [-0.2, -0.15) is 5.10 Å². The van der Waals surface area contributed by atoms with Crippen LogP contribution in [-0.2, 0) is 13.6 Å². The topological polar surface area (TPSA) is 52.0 Å². The zero-order chi connectivity index (χ0) is 13.8. The molecular weight excluding hydrogens is 240 g/mol. The van der Waals surface area contributed by atoms with Crippen molar-refractivity contribution in [1.29, 1.82) is 0 Å². The summed E-state index contributed by atoms with van der Waals surface area (Å²) in [5, 5.41) is 7.82. The Morgan fingerprint density at radius 1 is 1.42 bits per heavy atom. The minimum Gasteiger partial charge on any atom is -0.481 e. The Labute approximate surface area is 113 Å². The number of methoxy groups -OCH3 is 1. The van der Waals surface area contributed by atoms with Crippen LogP contribution in [-0.4, -0.2) is 21.9 Å². The largest absolute Gasteiger partial charge is 0.481 e. The molecule has 0 fully saturated rings. The van der Waals surface area contributed by atoms with Crippen LogP contribution in [0.25, 0.3) is 0 Å². The number of pyridine rings is 1. The second-order valence-corrected chi connectivity index (χ2v) is 4.55. The summed E-state index contributed by atoms with van der Waals surface area (Å²) >= 11 is 0. The maximum atomic E-state index is 5.38. The van der Waals surface area contributed by atoms with Gasteiger partial charge in [0.1, 0.15) is 0 Å². The molecule has 0 bridgehead atoms. The molecule has 1 N–H and O–H groups in total. The van der Waals surface area contributed by atoms with Crippen LogP contribution in [0.5, 0.6) is 5.88 Å². The Morgan fingerprint density at radius 3 is 2.84 bits per heavy atom. The highest BCUT2D eigenvalue weighted by Crippen LogP contribution is 2.21. The predicted octanol–water partition coefficient (Wildman–Crippen LogP) is 1.98. The number of aryl methyl sites for hydroxylation is 2. The van der Waals surface area contributed by atoms with E-state index in [2.05, 4.69) is 22.3 Å². The van der Waals surface area contributed by atoms with Gasteiger partial charge >= 0.3 is 0 Å². The highest BCUT2D eigenvalue weighted by Gasteiger charge is 2.15. The predicted molar refractivity (Wildman–Crippen MR) is 74.0 cm³/mol. The van der Waals surface area contributed by atoms with Crippen molar-refractivity contribution >= 4 is 0 Å². The maximum Gasteiger partial charge on any atom is 0.216 e. The molecule has 1 unspecified atom stereocenters. The number of ether oxygens (including phenoxy) is 1. The summed E-state index contributed by atoms with van der Waals surface area (Å²) in [6, 6.07) is 6.12. The van der Waals surface area contributed by atoms with E-state index >= 15 is 0 Å². The summed E-state index contributed by atoms with van der Waals surface area (Å²) in [7, 11) is 3.56. The summed E-state index contributed by atoms with van der Waals surface area (Å²) in [6.07, 6.45) is 1.81. The number of nitrogens with zero attached hydrogens (tertiary/aromatic N) is 3. The van der Waals surface area contributed by atoms with E-state index in [4.69, 9.17) is 4.74 Å². The van der Waals surface area contributed by atoms with Gasteiger partial charge in [-0.25, -0.2) is 4.68 Å². The first-order valence-corrected chi connectivity index (χ1v) is 6.34. The van der Waals surface area contributed by atoms with Gasteiger partial charge in [0.25, 0.3) is 0 Å². The molecule has 102 valence electrons. The number of nitrogens with one attached hydrogen (secondary N) is 1. The Hall–Kier alpha value is -1.88. The second-order valence-electron chi connectivity index (χ2n) is 4.55. The average molecular weight is 260 g/mol. The molecule has 2 aromatic rings. The fourth-order valence-corrected chi connectivity index (χ4v) is 2.13. The Balaban J connectivity index is 2.07. The smallest absolute Gasteiger partial charge is 0.216 e. The maximum absolute atomic E-state index is 5.38. The van der Waals surface area contributed by atoms with Crippen molar-refractivity contribution < 1.29 is 4.74 Å². The third-order valence-corrected chi connectivity index (χ3v) is 3.20. The second kappa shape index (κ2) is 5.84. The van der Waals surface area contributed by atoms with Gasteiger partial charge in [0.2, 0.25) is 5.88 Å². The molecule has 2 aromatic heterocycles. The van der Waals surface area contributed by atoms with Crippen LogP contribution in [0.4, 0.5) is 0 Å². The molecule has 2 rings (SSSR count). The zero-order valence-corrected chi connectivity index (χ0v) is 11.8. The van der Waals surface area contributed by atoms with Crippen molar-refractivity contribution in [3.8, 4) is 5.88 Å². The Bertz CT molecular complexity index is 536. The third-order valence-electron chi connectivity index (χ3n) is 3.20. The first-order valence-electron chi connectivity index (χ1n) is 6.34. The van der Waals surface area contributed by atoms with Gasteiger partial charge in [0, 0.05) is 25.8 Å². The van der Waals surface area contributed by atoms with E-state index in [1.807, 2.05) is 38.4 Å². The van der Waals surface area contributed by atoms with Crippen molar-refractivity contribution in [2.75, 3.05) is 7.11 Å². The van der Waals surface area contributed by atoms with Gasteiger partial charge in [-0.05, 0) is 26.0 Å². The lowest BCUT2D eigenvalue weighted by Gasteiger charge is -2.13. The molecule has 0 aliphatic carbocycles. The molecule has 0 aliphatic rings. The first-order chi connectivity index (χ1) is 9.13. The fourth-order valence-electron chi connectivity index (χ4n) is 2.13. The normalized spacial score (nSPS) is 12.4. The fraction of sp³-hybridized carbons (Fsp3) is 0.429. The average Bonchev–Trinajstić information content (AvgIpc) is 2.70. The lowest BCUT2D eigenvalue weighted by molar-refractivity contribution is 0.367. The molecule has 0 amide bonds.